The van der Waals surface area contributed by atoms with Crippen LogP contribution in [0, 0.1) is 17.3 Å². The zero-order valence-electron chi connectivity index (χ0n) is 21.9. The van der Waals surface area contributed by atoms with Gasteiger partial charge in [0.1, 0.15) is 11.4 Å². The van der Waals surface area contributed by atoms with Crippen molar-refractivity contribution in [2.75, 3.05) is 24.6 Å². The van der Waals surface area contributed by atoms with Crippen molar-refractivity contribution in [1.29, 1.82) is 0 Å². The summed E-state index contributed by atoms with van der Waals surface area (Å²) in [5.74, 6) is 7.74. The highest BCUT2D eigenvalue weighted by atomic mass is 16.5. The molecule has 0 unspecified atom stereocenters. The Morgan fingerprint density at radius 3 is 2.24 bits per heavy atom. The van der Waals surface area contributed by atoms with Crippen LogP contribution in [0.4, 0.5) is 5.82 Å². The fourth-order valence-corrected chi connectivity index (χ4v) is 4.21. The van der Waals surface area contributed by atoms with Gasteiger partial charge in [-0.1, -0.05) is 26.7 Å². The number of anilines is 1. The summed E-state index contributed by atoms with van der Waals surface area (Å²) in [5, 5.41) is 0. The summed E-state index contributed by atoms with van der Waals surface area (Å²) in [6, 6.07) is 1.96. The Kier molecular flexibility index (Phi) is 8.09. The van der Waals surface area contributed by atoms with E-state index in [1.165, 1.54) is 0 Å². The Balaban J connectivity index is 1.45. The van der Waals surface area contributed by atoms with E-state index in [4.69, 9.17) is 14.2 Å². The van der Waals surface area contributed by atoms with E-state index in [1.54, 1.807) is 6.20 Å². The van der Waals surface area contributed by atoms with Gasteiger partial charge < -0.3 is 19.1 Å². The molecule has 1 aromatic heterocycles. The van der Waals surface area contributed by atoms with Crippen molar-refractivity contribution in [3.8, 4) is 11.8 Å². The molecule has 3 rings (SSSR count). The molecular formula is C27H43N3O3. The van der Waals surface area contributed by atoms with Crippen LogP contribution in [0.2, 0.25) is 0 Å². The average Bonchev–Trinajstić information content (AvgIpc) is 2.66. The Hall–Kier alpha value is -1.68. The molecule has 1 saturated heterocycles. The molecule has 1 saturated carbocycles. The summed E-state index contributed by atoms with van der Waals surface area (Å²) < 4.78 is 18.4. The second-order valence-corrected chi connectivity index (χ2v) is 12.1. The van der Waals surface area contributed by atoms with Gasteiger partial charge in [0.15, 0.2) is 0 Å². The average molecular weight is 458 g/mol. The van der Waals surface area contributed by atoms with Crippen LogP contribution >= 0.6 is 0 Å². The molecular weight excluding hydrogens is 414 g/mol. The third-order valence-corrected chi connectivity index (χ3v) is 5.63. The molecule has 0 N–H and O–H groups in total. The lowest BCUT2D eigenvalue weighted by molar-refractivity contribution is -0.137. The van der Waals surface area contributed by atoms with Crippen LogP contribution in [-0.4, -0.2) is 59.2 Å². The molecule has 184 valence electrons. The van der Waals surface area contributed by atoms with E-state index in [0.717, 1.165) is 51.2 Å². The van der Waals surface area contributed by atoms with Gasteiger partial charge in [-0.05, 0) is 77.7 Å². The standard InChI is InChI=1S/C27H43N3O3/c1-25(2,3)19-31-21-17-22(18-21)32-20-11-15-30(16-12-20)24-10-14-28-23(29-24)9-13-27(7,8)33-26(4,5)6/h10,14,20-22H,11-12,15-19H2,1-8H3. The number of nitrogens with zero attached hydrogens (tertiary/aromatic N) is 3. The van der Waals surface area contributed by atoms with E-state index >= 15 is 0 Å². The minimum Gasteiger partial charge on any atom is -0.377 e. The Morgan fingerprint density at radius 2 is 1.64 bits per heavy atom. The maximum Gasteiger partial charge on any atom is 0.206 e. The third-order valence-electron chi connectivity index (χ3n) is 5.63. The van der Waals surface area contributed by atoms with Gasteiger partial charge in [-0.25, -0.2) is 9.97 Å². The molecule has 6 heteroatoms. The molecule has 2 aliphatic rings. The fourth-order valence-electron chi connectivity index (χ4n) is 4.21. The van der Waals surface area contributed by atoms with E-state index in [2.05, 4.69) is 47.5 Å². The van der Waals surface area contributed by atoms with Gasteiger partial charge in [-0.2, -0.15) is 0 Å². The molecule has 0 aromatic carbocycles. The summed E-state index contributed by atoms with van der Waals surface area (Å²) in [6.07, 6.45) is 6.92. The maximum atomic E-state index is 6.34. The number of piperidine rings is 1. The first kappa shape index (κ1) is 25.9. The lowest BCUT2D eigenvalue weighted by Crippen LogP contribution is -2.44. The Bertz CT molecular complexity index is 831. The molecule has 33 heavy (non-hydrogen) atoms. The van der Waals surface area contributed by atoms with Crippen LogP contribution in [0.5, 0.6) is 0 Å². The van der Waals surface area contributed by atoms with Crippen LogP contribution in [-0.2, 0) is 14.2 Å². The van der Waals surface area contributed by atoms with Crippen LogP contribution in [0.25, 0.3) is 0 Å². The lowest BCUT2D eigenvalue weighted by atomic mass is 9.90. The molecule has 2 heterocycles. The van der Waals surface area contributed by atoms with Gasteiger partial charge in [0, 0.05) is 19.3 Å². The predicted molar refractivity (Wildman–Crippen MR) is 132 cm³/mol. The lowest BCUT2D eigenvalue weighted by Gasteiger charge is -2.40. The third kappa shape index (κ3) is 8.88. The van der Waals surface area contributed by atoms with Crippen LogP contribution in [0.15, 0.2) is 12.3 Å². The van der Waals surface area contributed by atoms with Crippen molar-refractivity contribution in [2.45, 2.75) is 111 Å². The molecule has 2 fully saturated rings. The quantitative estimate of drug-likeness (QED) is 0.560. The molecule has 0 radical (unpaired) electrons. The minimum atomic E-state index is -0.564. The summed E-state index contributed by atoms with van der Waals surface area (Å²) >= 11 is 0. The van der Waals surface area contributed by atoms with Gasteiger partial charge >= 0.3 is 0 Å². The number of rotatable bonds is 6. The van der Waals surface area contributed by atoms with Crippen molar-refractivity contribution >= 4 is 5.82 Å². The van der Waals surface area contributed by atoms with Gasteiger partial charge in [0.2, 0.25) is 5.82 Å². The van der Waals surface area contributed by atoms with Crippen molar-refractivity contribution < 1.29 is 14.2 Å². The summed E-state index contributed by atoms with van der Waals surface area (Å²) in [7, 11) is 0. The second-order valence-electron chi connectivity index (χ2n) is 12.1. The van der Waals surface area contributed by atoms with E-state index in [0.29, 0.717) is 24.1 Å². The molecule has 6 nitrogen and oxygen atoms in total. The molecule has 0 amide bonds. The topological polar surface area (TPSA) is 56.7 Å². The van der Waals surface area contributed by atoms with Gasteiger partial charge in [-0.3, -0.25) is 0 Å². The minimum absolute atomic E-state index is 0.224. The monoisotopic (exact) mass is 457 g/mol. The number of hydrogen-bond donors (Lipinski definition) is 0. The van der Waals surface area contributed by atoms with Crippen LogP contribution in [0.1, 0.15) is 86.9 Å². The van der Waals surface area contributed by atoms with Crippen molar-refractivity contribution in [3.63, 3.8) is 0 Å². The number of aromatic nitrogens is 2. The predicted octanol–water partition coefficient (Wildman–Crippen LogP) is 5.00. The van der Waals surface area contributed by atoms with Gasteiger partial charge in [-0.15, -0.1) is 0 Å². The van der Waals surface area contributed by atoms with Crippen LogP contribution < -0.4 is 4.90 Å². The first-order chi connectivity index (χ1) is 15.3. The van der Waals surface area contributed by atoms with Crippen LogP contribution in [0.3, 0.4) is 0 Å². The van der Waals surface area contributed by atoms with Gasteiger partial charge in [0.25, 0.3) is 0 Å². The SMILES string of the molecule is CC(C)(C)COC1CC(OC2CCN(c3ccnc(C#CC(C)(C)OC(C)(C)C)n3)CC2)C1. The highest BCUT2D eigenvalue weighted by molar-refractivity contribution is 5.40. The van der Waals surface area contributed by atoms with Crippen molar-refractivity contribution in [1.82, 2.24) is 9.97 Å². The Labute approximate surface area is 200 Å². The highest BCUT2D eigenvalue weighted by Crippen LogP contribution is 2.31. The summed E-state index contributed by atoms with van der Waals surface area (Å²) in [4.78, 5) is 11.3. The first-order valence-electron chi connectivity index (χ1n) is 12.4. The number of ether oxygens (including phenoxy) is 3. The summed E-state index contributed by atoms with van der Waals surface area (Å²) in [5.41, 5.74) is -0.597. The normalized spacial score (nSPS) is 22.5. The largest absolute Gasteiger partial charge is 0.377 e. The Morgan fingerprint density at radius 1 is 0.970 bits per heavy atom. The zero-order valence-corrected chi connectivity index (χ0v) is 21.9. The molecule has 1 aromatic rings. The van der Waals surface area contributed by atoms with E-state index < -0.39 is 5.60 Å². The first-order valence-corrected chi connectivity index (χ1v) is 12.4. The van der Waals surface area contributed by atoms with Crippen molar-refractivity contribution in [3.05, 3.63) is 18.1 Å². The van der Waals surface area contributed by atoms with E-state index in [9.17, 15) is 0 Å². The fraction of sp³-hybridized carbons (Fsp3) is 0.778. The van der Waals surface area contributed by atoms with E-state index in [-0.39, 0.29) is 11.0 Å². The smallest absolute Gasteiger partial charge is 0.206 e. The number of hydrogen-bond acceptors (Lipinski definition) is 6. The highest BCUT2D eigenvalue weighted by Gasteiger charge is 2.34. The van der Waals surface area contributed by atoms with E-state index in [1.807, 2.05) is 40.7 Å². The molecule has 0 bridgehead atoms. The van der Waals surface area contributed by atoms with Gasteiger partial charge in [0.05, 0.1) is 30.5 Å². The van der Waals surface area contributed by atoms with Crippen molar-refractivity contribution in [2.24, 2.45) is 5.41 Å². The maximum absolute atomic E-state index is 6.34. The summed E-state index contributed by atoms with van der Waals surface area (Å²) in [6.45, 7) is 19.4. The molecule has 1 aliphatic heterocycles. The molecule has 0 atom stereocenters. The molecule has 0 spiro atoms. The molecule has 1 aliphatic carbocycles. The zero-order chi connectivity index (χ0) is 24.3. The second kappa shape index (κ2) is 10.3.